The van der Waals surface area contributed by atoms with E-state index in [2.05, 4.69) is 5.32 Å². The van der Waals surface area contributed by atoms with E-state index in [0.29, 0.717) is 16.3 Å². The Bertz CT molecular complexity index is 822. The van der Waals surface area contributed by atoms with Gasteiger partial charge in [-0.3, -0.25) is 9.59 Å². The van der Waals surface area contributed by atoms with Crippen molar-refractivity contribution < 1.29 is 19.1 Å². The first-order valence-electron chi connectivity index (χ1n) is 7.14. The number of benzene rings is 2. The van der Waals surface area contributed by atoms with Crippen molar-refractivity contribution in [1.29, 1.82) is 0 Å². The number of hydrogen-bond donors (Lipinski definition) is 2. The molecule has 2 rings (SSSR count). The molecule has 2 aromatic rings. The lowest BCUT2D eigenvalue weighted by molar-refractivity contribution is -0.123. The Morgan fingerprint density at radius 3 is 2.28 bits per heavy atom. The van der Waals surface area contributed by atoms with Crippen LogP contribution in [0.5, 0.6) is 0 Å². The number of primary amides is 1. The number of hydrogen-bond acceptors (Lipinski definition) is 4. The second-order valence-corrected chi connectivity index (χ2v) is 5.95. The van der Waals surface area contributed by atoms with Gasteiger partial charge in [-0.2, -0.15) is 0 Å². The molecule has 0 spiro atoms. The Labute approximate surface area is 153 Å². The number of halogens is 2. The summed E-state index contributed by atoms with van der Waals surface area (Å²) < 4.78 is 5.10. The number of nitrogens with two attached hydrogens (primary N) is 1. The van der Waals surface area contributed by atoms with Crippen LogP contribution in [-0.4, -0.2) is 23.9 Å². The zero-order valence-electron chi connectivity index (χ0n) is 13.1. The van der Waals surface area contributed by atoms with Crippen molar-refractivity contribution in [3.8, 4) is 0 Å². The van der Waals surface area contributed by atoms with Gasteiger partial charge in [0.15, 0.2) is 6.10 Å². The first-order valence-corrected chi connectivity index (χ1v) is 7.90. The third kappa shape index (κ3) is 4.95. The maximum absolute atomic E-state index is 12.1. The van der Waals surface area contributed by atoms with Crippen LogP contribution < -0.4 is 11.1 Å². The molecule has 0 bridgehead atoms. The Kier molecular flexibility index (Phi) is 6.01. The molecule has 0 fully saturated rings. The molecule has 1 atom stereocenters. The van der Waals surface area contributed by atoms with Crippen LogP contribution in [0.4, 0.5) is 5.69 Å². The van der Waals surface area contributed by atoms with Crippen molar-refractivity contribution in [2.24, 2.45) is 5.73 Å². The highest BCUT2D eigenvalue weighted by molar-refractivity contribution is 6.36. The Morgan fingerprint density at radius 1 is 1.08 bits per heavy atom. The molecule has 130 valence electrons. The van der Waals surface area contributed by atoms with Crippen molar-refractivity contribution in [3.05, 3.63) is 63.6 Å². The molecule has 0 aliphatic heterocycles. The van der Waals surface area contributed by atoms with Gasteiger partial charge in [-0.1, -0.05) is 23.2 Å². The van der Waals surface area contributed by atoms with Crippen LogP contribution in [0.2, 0.25) is 10.0 Å². The summed E-state index contributed by atoms with van der Waals surface area (Å²) in [6.07, 6.45) is -1.06. The molecular formula is C17H14Cl2N2O4. The van der Waals surface area contributed by atoms with E-state index in [9.17, 15) is 14.4 Å². The largest absolute Gasteiger partial charge is 0.449 e. The van der Waals surface area contributed by atoms with Crippen LogP contribution >= 0.6 is 23.2 Å². The fraction of sp³-hybridized carbons (Fsp3) is 0.118. The lowest BCUT2D eigenvalue weighted by Crippen LogP contribution is -2.30. The van der Waals surface area contributed by atoms with E-state index in [1.54, 1.807) is 0 Å². The van der Waals surface area contributed by atoms with E-state index in [1.165, 1.54) is 49.4 Å². The quantitative estimate of drug-likeness (QED) is 0.777. The lowest BCUT2D eigenvalue weighted by Gasteiger charge is -2.14. The lowest BCUT2D eigenvalue weighted by atomic mass is 10.2. The van der Waals surface area contributed by atoms with E-state index in [4.69, 9.17) is 33.7 Å². The highest BCUT2D eigenvalue weighted by Gasteiger charge is 2.21. The van der Waals surface area contributed by atoms with Gasteiger partial charge in [0, 0.05) is 16.3 Å². The third-order valence-corrected chi connectivity index (χ3v) is 3.79. The van der Waals surface area contributed by atoms with Gasteiger partial charge >= 0.3 is 5.97 Å². The molecule has 0 heterocycles. The number of esters is 1. The number of amides is 2. The fourth-order valence-corrected chi connectivity index (χ4v) is 2.38. The van der Waals surface area contributed by atoms with Crippen molar-refractivity contribution in [2.75, 3.05) is 5.32 Å². The number of carbonyl (C=O) groups is 3. The minimum absolute atomic E-state index is 0.108. The molecule has 0 saturated carbocycles. The van der Waals surface area contributed by atoms with Gasteiger partial charge in [0.1, 0.15) is 0 Å². The molecule has 2 amide bonds. The van der Waals surface area contributed by atoms with Gasteiger partial charge in [-0.05, 0) is 49.4 Å². The molecule has 8 heteroatoms. The fourth-order valence-electron chi connectivity index (χ4n) is 1.89. The molecule has 0 saturated heterocycles. The molecular weight excluding hydrogens is 367 g/mol. The number of ether oxygens (including phenoxy) is 1. The van der Waals surface area contributed by atoms with Gasteiger partial charge in [0.05, 0.1) is 10.6 Å². The number of rotatable bonds is 5. The SMILES string of the molecule is C[C@@H](OC(=O)c1ccc(Cl)cc1Cl)C(=O)Nc1ccc(C(N)=O)cc1. The summed E-state index contributed by atoms with van der Waals surface area (Å²) in [4.78, 5) is 35.2. The van der Waals surface area contributed by atoms with E-state index >= 15 is 0 Å². The second kappa shape index (κ2) is 8.00. The summed E-state index contributed by atoms with van der Waals surface area (Å²) >= 11 is 11.7. The first kappa shape index (κ1) is 18.8. The van der Waals surface area contributed by atoms with Gasteiger partial charge in [-0.25, -0.2) is 4.79 Å². The molecule has 3 N–H and O–H groups in total. The minimum atomic E-state index is -1.06. The highest BCUT2D eigenvalue weighted by atomic mass is 35.5. The smallest absolute Gasteiger partial charge is 0.340 e. The van der Waals surface area contributed by atoms with Crippen molar-refractivity contribution in [1.82, 2.24) is 0 Å². The van der Waals surface area contributed by atoms with E-state index in [0.717, 1.165) is 0 Å². The average Bonchev–Trinajstić information content (AvgIpc) is 2.55. The molecule has 0 aliphatic carbocycles. The van der Waals surface area contributed by atoms with E-state index in [1.807, 2.05) is 0 Å². The molecule has 0 aliphatic rings. The number of carbonyl (C=O) groups excluding carboxylic acids is 3. The monoisotopic (exact) mass is 380 g/mol. The minimum Gasteiger partial charge on any atom is -0.449 e. The average molecular weight is 381 g/mol. The number of nitrogens with one attached hydrogen (secondary N) is 1. The van der Waals surface area contributed by atoms with Crippen LogP contribution in [-0.2, 0) is 9.53 Å². The van der Waals surface area contributed by atoms with Gasteiger partial charge in [0.2, 0.25) is 5.91 Å². The molecule has 2 aromatic carbocycles. The van der Waals surface area contributed by atoms with Crippen molar-refractivity contribution >= 4 is 46.7 Å². The van der Waals surface area contributed by atoms with E-state index < -0.39 is 23.9 Å². The summed E-state index contributed by atoms with van der Waals surface area (Å²) in [7, 11) is 0. The Balaban J connectivity index is 1.99. The zero-order valence-corrected chi connectivity index (χ0v) is 14.6. The van der Waals surface area contributed by atoms with Gasteiger partial charge in [-0.15, -0.1) is 0 Å². The van der Waals surface area contributed by atoms with Crippen LogP contribution in [0, 0.1) is 0 Å². The molecule has 0 aromatic heterocycles. The third-order valence-electron chi connectivity index (χ3n) is 3.24. The van der Waals surface area contributed by atoms with Crippen molar-refractivity contribution in [3.63, 3.8) is 0 Å². The normalized spacial score (nSPS) is 11.5. The van der Waals surface area contributed by atoms with Crippen molar-refractivity contribution in [2.45, 2.75) is 13.0 Å². The summed E-state index contributed by atoms with van der Waals surface area (Å²) in [5.74, 6) is -1.85. The first-order chi connectivity index (χ1) is 11.8. The standard InChI is InChI=1S/C17H14Cl2N2O4/c1-9(25-17(24)13-7-4-11(18)8-14(13)19)16(23)21-12-5-2-10(3-6-12)15(20)22/h2-9H,1H3,(H2,20,22)(H,21,23)/t9-/m1/s1. The zero-order chi connectivity index (χ0) is 18.6. The summed E-state index contributed by atoms with van der Waals surface area (Å²) in [5.41, 5.74) is 6.00. The Morgan fingerprint density at radius 2 is 1.72 bits per heavy atom. The number of anilines is 1. The van der Waals surface area contributed by atoms with Crippen LogP contribution in [0.15, 0.2) is 42.5 Å². The summed E-state index contributed by atoms with van der Waals surface area (Å²) in [6, 6.07) is 10.3. The second-order valence-electron chi connectivity index (χ2n) is 5.10. The van der Waals surface area contributed by atoms with E-state index in [-0.39, 0.29) is 10.6 Å². The van der Waals surface area contributed by atoms with Crippen LogP contribution in [0.3, 0.4) is 0 Å². The van der Waals surface area contributed by atoms with Crippen LogP contribution in [0.25, 0.3) is 0 Å². The van der Waals surface area contributed by atoms with Gasteiger partial charge in [0.25, 0.3) is 5.91 Å². The maximum atomic E-state index is 12.1. The molecule has 25 heavy (non-hydrogen) atoms. The summed E-state index contributed by atoms with van der Waals surface area (Å²) in [5, 5.41) is 3.08. The molecule has 6 nitrogen and oxygen atoms in total. The summed E-state index contributed by atoms with van der Waals surface area (Å²) in [6.45, 7) is 1.43. The van der Waals surface area contributed by atoms with Crippen LogP contribution in [0.1, 0.15) is 27.6 Å². The Hall–Kier alpha value is -2.57. The molecule has 0 unspecified atom stereocenters. The predicted molar refractivity (Wildman–Crippen MR) is 94.9 cm³/mol. The predicted octanol–water partition coefficient (Wildman–Crippen LogP) is 3.28. The topological polar surface area (TPSA) is 98.5 Å². The maximum Gasteiger partial charge on any atom is 0.340 e. The molecule has 0 radical (unpaired) electrons. The van der Waals surface area contributed by atoms with Gasteiger partial charge < -0.3 is 15.8 Å². The highest BCUT2D eigenvalue weighted by Crippen LogP contribution is 2.22.